The molecule has 0 saturated carbocycles. The van der Waals surface area contributed by atoms with Crippen LogP contribution in [0.4, 0.5) is 8.78 Å². The van der Waals surface area contributed by atoms with Gasteiger partial charge in [-0.05, 0) is 18.2 Å². The molecule has 1 unspecified atom stereocenters. The van der Waals surface area contributed by atoms with Gasteiger partial charge in [-0.25, -0.2) is 8.78 Å². The van der Waals surface area contributed by atoms with Gasteiger partial charge in [0.15, 0.2) is 17.4 Å². The molecule has 1 aromatic rings. The fourth-order valence-corrected chi connectivity index (χ4v) is 2.18. The predicted molar refractivity (Wildman–Crippen MR) is 70.9 cm³/mol. The van der Waals surface area contributed by atoms with Crippen molar-refractivity contribution in [1.29, 1.82) is 0 Å². The Morgan fingerprint density at radius 1 is 1.38 bits per heavy atom. The van der Waals surface area contributed by atoms with Gasteiger partial charge in [0.1, 0.15) is 6.04 Å². The second-order valence-corrected chi connectivity index (χ2v) is 4.73. The van der Waals surface area contributed by atoms with Crippen LogP contribution in [-0.2, 0) is 9.53 Å². The first-order valence-corrected chi connectivity index (χ1v) is 6.54. The Balaban J connectivity index is 2.09. The largest absolute Gasteiger partial charge is 0.378 e. The predicted octanol–water partition coefficient (Wildman–Crippen LogP) is 0.594. The van der Waals surface area contributed by atoms with E-state index in [1.807, 2.05) is 0 Å². The van der Waals surface area contributed by atoms with Crippen molar-refractivity contribution < 1.29 is 23.1 Å². The zero-order valence-electron chi connectivity index (χ0n) is 11.6. The maximum Gasteiger partial charge on any atom is 0.239 e. The molecule has 1 saturated heterocycles. The number of rotatable bonds is 4. The van der Waals surface area contributed by atoms with Crippen LogP contribution in [0.25, 0.3) is 0 Å². The second-order valence-electron chi connectivity index (χ2n) is 4.73. The lowest BCUT2D eigenvalue weighted by atomic mass is 10.1. The van der Waals surface area contributed by atoms with Gasteiger partial charge in [0, 0.05) is 19.2 Å². The first-order valence-electron chi connectivity index (χ1n) is 6.54. The zero-order valence-corrected chi connectivity index (χ0v) is 11.6. The van der Waals surface area contributed by atoms with Gasteiger partial charge < -0.3 is 10.1 Å². The van der Waals surface area contributed by atoms with Crippen LogP contribution < -0.4 is 5.32 Å². The van der Waals surface area contributed by atoms with Gasteiger partial charge in [-0.15, -0.1) is 0 Å². The second kappa shape index (κ2) is 6.73. The number of Topliss-reactive ketones (excluding diaryl/α,β-unsaturated/α-hetero) is 1. The summed E-state index contributed by atoms with van der Waals surface area (Å²) in [7, 11) is 1.51. The lowest BCUT2D eigenvalue weighted by Gasteiger charge is -2.33. The Bertz CT molecular complexity index is 551. The van der Waals surface area contributed by atoms with Gasteiger partial charge in [0.05, 0.1) is 19.8 Å². The molecule has 0 aromatic heterocycles. The number of carbonyl (C=O) groups excluding carboxylic acids is 2. The third kappa shape index (κ3) is 3.62. The van der Waals surface area contributed by atoms with E-state index in [9.17, 15) is 18.4 Å². The molecule has 1 heterocycles. The summed E-state index contributed by atoms with van der Waals surface area (Å²) >= 11 is 0. The molecule has 2 rings (SSSR count). The van der Waals surface area contributed by atoms with Gasteiger partial charge in [0.2, 0.25) is 5.91 Å². The van der Waals surface area contributed by atoms with Crippen LogP contribution in [0.15, 0.2) is 18.2 Å². The van der Waals surface area contributed by atoms with E-state index in [0.717, 1.165) is 12.1 Å². The molecule has 0 aliphatic carbocycles. The number of likely N-dealkylation sites (N-methyl/N-ethyl adjacent to an activating group) is 1. The van der Waals surface area contributed by atoms with Gasteiger partial charge in [-0.3, -0.25) is 14.5 Å². The summed E-state index contributed by atoms with van der Waals surface area (Å²) in [6.07, 6.45) is 0. The number of hydrogen-bond donors (Lipinski definition) is 1. The molecule has 1 atom stereocenters. The van der Waals surface area contributed by atoms with Crippen LogP contribution in [0.5, 0.6) is 0 Å². The number of carbonyl (C=O) groups is 2. The van der Waals surface area contributed by atoms with E-state index in [0.29, 0.717) is 13.2 Å². The van der Waals surface area contributed by atoms with E-state index >= 15 is 0 Å². The molecule has 0 radical (unpaired) electrons. The highest BCUT2D eigenvalue weighted by molar-refractivity contribution is 5.98. The lowest BCUT2D eigenvalue weighted by molar-refractivity contribution is -0.131. The van der Waals surface area contributed by atoms with E-state index in [-0.39, 0.29) is 30.4 Å². The summed E-state index contributed by atoms with van der Waals surface area (Å²) in [5.41, 5.74) is 0.0797. The smallest absolute Gasteiger partial charge is 0.239 e. The minimum absolute atomic E-state index is 0.0491. The van der Waals surface area contributed by atoms with E-state index in [1.54, 1.807) is 4.90 Å². The molecule has 1 N–H and O–H groups in total. The van der Waals surface area contributed by atoms with Gasteiger partial charge in [-0.2, -0.15) is 0 Å². The Morgan fingerprint density at radius 2 is 2.14 bits per heavy atom. The average Bonchev–Trinajstić information content (AvgIpc) is 2.49. The highest BCUT2D eigenvalue weighted by Gasteiger charge is 2.30. The third-order valence-electron chi connectivity index (χ3n) is 3.38. The molecule has 7 heteroatoms. The van der Waals surface area contributed by atoms with Crippen molar-refractivity contribution in [1.82, 2.24) is 10.2 Å². The van der Waals surface area contributed by atoms with Crippen molar-refractivity contribution in [2.24, 2.45) is 0 Å². The molecule has 1 aromatic carbocycles. The molecule has 0 bridgehead atoms. The maximum atomic E-state index is 13.2. The maximum absolute atomic E-state index is 13.2. The summed E-state index contributed by atoms with van der Waals surface area (Å²) in [5, 5.41) is 2.51. The van der Waals surface area contributed by atoms with E-state index in [1.165, 1.54) is 13.1 Å². The summed E-state index contributed by atoms with van der Waals surface area (Å²) < 4.78 is 31.3. The van der Waals surface area contributed by atoms with E-state index in [4.69, 9.17) is 4.74 Å². The monoisotopic (exact) mass is 298 g/mol. The SMILES string of the molecule is CNC(=O)C1COCCN1CC(=O)c1ccc(F)c(F)c1. The van der Waals surface area contributed by atoms with Crippen LogP contribution in [-0.4, -0.2) is 56.0 Å². The van der Waals surface area contributed by atoms with E-state index < -0.39 is 17.7 Å². The zero-order chi connectivity index (χ0) is 15.4. The van der Waals surface area contributed by atoms with Gasteiger partial charge in [0.25, 0.3) is 0 Å². The van der Waals surface area contributed by atoms with Crippen LogP contribution in [0.3, 0.4) is 0 Å². The Hall–Kier alpha value is -1.86. The van der Waals surface area contributed by atoms with Crippen molar-refractivity contribution in [3.63, 3.8) is 0 Å². The molecular formula is C14H16F2N2O3. The quantitative estimate of drug-likeness (QED) is 0.827. The van der Waals surface area contributed by atoms with Crippen LogP contribution in [0.2, 0.25) is 0 Å². The van der Waals surface area contributed by atoms with Crippen LogP contribution in [0, 0.1) is 11.6 Å². The molecule has 1 amide bonds. The number of nitrogens with zero attached hydrogens (tertiary/aromatic N) is 1. The Kier molecular flexibility index (Phi) is 4.98. The molecule has 1 fully saturated rings. The highest BCUT2D eigenvalue weighted by atomic mass is 19.2. The number of halogens is 2. The number of ketones is 1. The number of ether oxygens (including phenoxy) is 1. The third-order valence-corrected chi connectivity index (χ3v) is 3.38. The number of morpholine rings is 1. The van der Waals surface area contributed by atoms with Gasteiger partial charge >= 0.3 is 0 Å². The highest BCUT2D eigenvalue weighted by Crippen LogP contribution is 2.12. The Morgan fingerprint density at radius 3 is 2.81 bits per heavy atom. The fourth-order valence-electron chi connectivity index (χ4n) is 2.18. The summed E-state index contributed by atoms with van der Waals surface area (Å²) in [6, 6.07) is 2.46. The lowest BCUT2D eigenvalue weighted by Crippen LogP contribution is -2.54. The van der Waals surface area contributed by atoms with Crippen LogP contribution in [0.1, 0.15) is 10.4 Å². The number of amides is 1. The first kappa shape index (κ1) is 15.5. The van der Waals surface area contributed by atoms with E-state index in [2.05, 4.69) is 5.32 Å². The summed E-state index contributed by atoms with van der Waals surface area (Å²) in [4.78, 5) is 25.5. The standard InChI is InChI=1S/C14H16F2N2O3/c1-17-14(20)12-8-21-5-4-18(12)7-13(19)9-2-3-10(15)11(16)6-9/h2-3,6,12H,4-5,7-8H2,1H3,(H,17,20). The molecule has 21 heavy (non-hydrogen) atoms. The van der Waals surface area contributed by atoms with Crippen molar-refractivity contribution >= 4 is 11.7 Å². The van der Waals surface area contributed by atoms with Crippen molar-refractivity contribution in [2.45, 2.75) is 6.04 Å². The summed E-state index contributed by atoms with van der Waals surface area (Å²) in [5.74, 6) is -2.68. The number of hydrogen-bond acceptors (Lipinski definition) is 4. The topological polar surface area (TPSA) is 58.6 Å². The average molecular weight is 298 g/mol. The van der Waals surface area contributed by atoms with Crippen molar-refractivity contribution in [2.75, 3.05) is 33.4 Å². The molecule has 1 aliphatic rings. The molecule has 5 nitrogen and oxygen atoms in total. The van der Waals surface area contributed by atoms with Gasteiger partial charge in [-0.1, -0.05) is 0 Å². The summed E-state index contributed by atoms with van der Waals surface area (Å²) in [6.45, 7) is 0.989. The molecule has 0 spiro atoms. The minimum atomic E-state index is -1.06. The van der Waals surface area contributed by atoms with Crippen molar-refractivity contribution in [3.05, 3.63) is 35.4 Å². The van der Waals surface area contributed by atoms with Crippen molar-refractivity contribution in [3.8, 4) is 0 Å². The normalized spacial score (nSPS) is 19.3. The fraction of sp³-hybridized carbons (Fsp3) is 0.429. The van der Waals surface area contributed by atoms with Crippen LogP contribution >= 0.6 is 0 Å². The molecule has 114 valence electrons. The Labute approximate surface area is 120 Å². The molecule has 1 aliphatic heterocycles. The first-order chi connectivity index (χ1) is 10.0. The number of benzene rings is 1. The minimum Gasteiger partial charge on any atom is -0.378 e. The number of nitrogens with one attached hydrogen (secondary N) is 1. The molecular weight excluding hydrogens is 282 g/mol.